The average molecular weight is 391 g/mol. The molecule has 1 aliphatic carbocycles. The maximum absolute atomic E-state index is 12.5. The monoisotopic (exact) mass is 390 g/mol. The first-order valence-electron chi connectivity index (χ1n) is 10.6. The van der Waals surface area contributed by atoms with Gasteiger partial charge < -0.3 is 4.74 Å². The lowest BCUT2D eigenvalue weighted by molar-refractivity contribution is -0.0177. The molecule has 4 nitrogen and oxygen atoms in total. The molecule has 2 heterocycles. The van der Waals surface area contributed by atoms with E-state index in [0.29, 0.717) is 34.6 Å². The first kappa shape index (κ1) is 19.1. The summed E-state index contributed by atoms with van der Waals surface area (Å²) in [5, 5.41) is 3.46. The van der Waals surface area contributed by atoms with Crippen molar-refractivity contribution in [3.8, 4) is 0 Å². The minimum atomic E-state index is -0.345. The van der Waals surface area contributed by atoms with Gasteiger partial charge in [0.05, 0.1) is 0 Å². The summed E-state index contributed by atoms with van der Waals surface area (Å²) in [6, 6.07) is 8.51. The van der Waals surface area contributed by atoms with E-state index in [1.807, 2.05) is 12.1 Å². The molecule has 1 N–H and O–H groups in total. The van der Waals surface area contributed by atoms with Crippen molar-refractivity contribution in [3.05, 3.63) is 29.3 Å². The Bertz CT molecular complexity index is 667. The van der Waals surface area contributed by atoms with Gasteiger partial charge >= 0.3 is 6.09 Å². The second-order valence-electron chi connectivity index (χ2n) is 8.48. The van der Waals surface area contributed by atoms with E-state index in [-0.39, 0.29) is 12.2 Å². The molecular formula is C22H31ClN2O2. The molecule has 5 atom stereocenters. The molecule has 1 saturated carbocycles. The number of nitrogens with one attached hydrogen (secondary N) is 1. The first-order valence-corrected chi connectivity index (χ1v) is 11.0. The zero-order valence-electron chi connectivity index (χ0n) is 16.2. The second-order valence-corrected chi connectivity index (χ2v) is 8.92. The van der Waals surface area contributed by atoms with Crippen LogP contribution in [0.2, 0.25) is 5.02 Å². The van der Waals surface area contributed by atoms with E-state index >= 15 is 0 Å². The molecule has 0 spiro atoms. The lowest BCUT2D eigenvalue weighted by Gasteiger charge is -2.49. The maximum Gasteiger partial charge on any atom is 0.411 e. The fraction of sp³-hybridized carbons (Fsp3) is 0.682. The lowest BCUT2D eigenvalue weighted by Crippen LogP contribution is -2.55. The molecule has 3 fully saturated rings. The van der Waals surface area contributed by atoms with Gasteiger partial charge in [-0.05, 0) is 62.8 Å². The molecule has 1 aromatic rings. The molecule has 2 aliphatic heterocycles. The van der Waals surface area contributed by atoms with Gasteiger partial charge in [0, 0.05) is 28.7 Å². The second kappa shape index (κ2) is 8.40. The van der Waals surface area contributed by atoms with Crippen LogP contribution in [0.25, 0.3) is 0 Å². The van der Waals surface area contributed by atoms with Gasteiger partial charge in [0.25, 0.3) is 0 Å². The van der Waals surface area contributed by atoms with E-state index < -0.39 is 0 Å². The number of hydrogen-bond acceptors (Lipinski definition) is 3. The van der Waals surface area contributed by atoms with Gasteiger partial charge in [0.1, 0.15) is 6.10 Å². The smallest absolute Gasteiger partial charge is 0.411 e. The molecule has 3 aliphatic rings. The number of nitrogens with zero attached hydrogens (tertiary/aromatic N) is 1. The van der Waals surface area contributed by atoms with Gasteiger partial charge in [-0.15, -0.1) is 0 Å². The number of benzene rings is 1. The van der Waals surface area contributed by atoms with Gasteiger partial charge in [0.2, 0.25) is 0 Å². The van der Waals surface area contributed by atoms with Crippen LogP contribution in [0.15, 0.2) is 24.3 Å². The van der Waals surface area contributed by atoms with Crippen molar-refractivity contribution < 1.29 is 9.53 Å². The van der Waals surface area contributed by atoms with Crippen molar-refractivity contribution in [3.63, 3.8) is 0 Å². The Morgan fingerprint density at radius 2 is 2.22 bits per heavy atom. The molecule has 1 amide bonds. The highest BCUT2D eigenvalue weighted by molar-refractivity contribution is 6.30. The molecular weight excluding hydrogens is 360 g/mol. The predicted molar refractivity (Wildman–Crippen MR) is 109 cm³/mol. The summed E-state index contributed by atoms with van der Waals surface area (Å²) in [7, 11) is 0. The minimum Gasteiger partial charge on any atom is -0.446 e. The van der Waals surface area contributed by atoms with E-state index in [1.165, 1.54) is 51.5 Å². The van der Waals surface area contributed by atoms with Gasteiger partial charge in [-0.25, -0.2) is 4.79 Å². The van der Waals surface area contributed by atoms with Gasteiger partial charge in [0.15, 0.2) is 0 Å². The topological polar surface area (TPSA) is 41.6 Å². The third kappa shape index (κ3) is 4.12. The molecule has 2 bridgehead atoms. The van der Waals surface area contributed by atoms with E-state index in [1.54, 1.807) is 12.1 Å². The summed E-state index contributed by atoms with van der Waals surface area (Å²) >= 11 is 6.01. The number of carbonyl (C=O) groups is 1. The number of carbonyl (C=O) groups excluding carboxylic acids is 1. The highest BCUT2D eigenvalue weighted by Crippen LogP contribution is 2.49. The predicted octanol–water partition coefficient (Wildman–Crippen LogP) is 5.71. The van der Waals surface area contributed by atoms with E-state index in [0.717, 1.165) is 6.42 Å². The summed E-state index contributed by atoms with van der Waals surface area (Å²) in [6.45, 7) is 3.51. The van der Waals surface area contributed by atoms with Crippen LogP contribution in [0.5, 0.6) is 0 Å². The number of fused-ring (bicyclic) bond motifs is 4. The van der Waals surface area contributed by atoms with Gasteiger partial charge in [-0.3, -0.25) is 10.2 Å². The number of amides is 1. The number of rotatable bonds is 5. The Morgan fingerprint density at radius 3 is 3.04 bits per heavy atom. The van der Waals surface area contributed by atoms with Crippen LogP contribution in [-0.4, -0.2) is 35.7 Å². The number of piperidine rings is 2. The summed E-state index contributed by atoms with van der Waals surface area (Å²) in [5.41, 5.74) is 0.689. The molecule has 4 rings (SSSR count). The summed E-state index contributed by atoms with van der Waals surface area (Å²) in [6.07, 6.45) is 9.70. The largest absolute Gasteiger partial charge is 0.446 e. The normalized spacial score (nSPS) is 32.7. The SMILES string of the molecule is CCCC[C@H]1C2CC(OC(=O)Nc3cccc(Cl)c3)C(C2)[C@H]2CCCCN21. The summed E-state index contributed by atoms with van der Waals surface area (Å²) in [5.74, 6) is 1.18. The number of hydrogen-bond donors (Lipinski definition) is 1. The Morgan fingerprint density at radius 1 is 1.33 bits per heavy atom. The van der Waals surface area contributed by atoms with Crippen LogP contribution in [0, 0.1) is 11.8 Å². The quantitative estimate of drug-likeness (QED) is 0.700. The van der Waals surface area contributed by atoms with Crippen LogP contribution < -0.4 is 5.32 Å². The average Bonchev–Trinajstić information content (AvgIpc) is 3.01. The number of unbranched alkanes of at least 4 members (excludes halogenated alkanes) is 1. The Kier molecular flexibility index (Phi) is 5.93. The third-order valence-electron chi connectivity index (χ3n) is 6.83. The third-order valence-corrected chi connectivity index (χ3v) is 7.06. The molecule has 2 saturated heterocycles. The number of halogens is 1. The van der Waals surface area contributed by atoms with Crippen molar-refractivity contribution in [1.82, 2.24) is 4.90 Å². The lowest BCUT2D eigenvalue weighted by atomic mass is 9.79. The molecule has 0 radical (unpaired) electrons. The van der Waals surface area contributed by atoms with Gasteiger partial charge in [-0.2, -0.15) is 0 Å². The fourth-order valence-corrected chi connectivity index (χ4v) is 5.90. The van der Waals surface area contributed by atoms with E-state index in [9.17, 15) is 4.79 Å². The van der Waals surface area contributed by atoms with Crippen LogP contribution >= 0.6 is 11.6 Å². The van der Waals surface area contributed by atoms with E-state index in [4.69, 9.17) is 16.3 Å². The molecule has 148 valence electrons. The fourth-order valence-electron chi connectivity index (χ4n) is 5.71. The molecule has 27 heavy (non-hydrogen) atoms. The summed E-state index contributed by atoms with van der Waals surface area (Å²) < 4.78 is 5.95. The Hall–Kier alpha value is -1.26. The molecule has 5 heteroatoms. The van der Waals surface area contributed by atoms with Crippen molar-refractivity contribution in [2.24, 2.45) is 11.8 Å². The standard InChI is InChI=1S/C22H31ClN2O2/c1-2-3-9-19-15-12-18(20-10-4-5-11-25(19)20)21(13-15)27-22(26)24-17-8-6-7-16(23)14-17/h6-8,14-15,18-21H,2-5,9-13H2,1H3,(H,24,26)/t15?,18?,19-,20+,21?/m0/s1. The molecule has 0 aromatic heterocycles. The van der Waals surface area contributed by atoms with Crippen LogP contribution in [0.3, 0.4) is 0 Å². The number of ether oxygens (including phenoxy) is 1. The zero-order valence-corrected chi connectivity index (χ0v) is 17.0. The van der Waals surface area contributed by atoms with Crippen molar-refractivity contribution in [2.75, 3.05) is 11.9 Å². The van der Waals surface area contributed by atoms with Crippen LogP contribution in [0.4, 0.5) is 10.5 Å². The first-order chi connectivity index (χ1) is 13.2. The molecule has 1 aromatic carbocycles. The Balaban J connectivity index is 1.43. The highest BCUT2D eigenvalue weighted by atomic mass is 35.5. The number of anilines is 1. The van der Waals surface area contributed by atoms with E-state index in [2.05, 4.69) is 17.1 Å². The maximum atomic E-state index is 12.5. The molecule has 3 unspecified atom stereocenters. The highest BCUT2D eigenvalue weighted by Gasteiger charge is 2.52. The Labute approximate surface area is 167 Å². The van der Waals surface area contributed by atoms with Crippen molar-refractivity contribution in [1.29, 1.82) is 0 Å². The van der Waals surface area contributed by atoms with Crippen molar-refractivity contribution >= 4 is 23.4 Å². The van der Waals surface area contributed by atoms with Crippen LogP contribution in [0.1, 0.15) is 58.3 Å². The van der Waals surface area contributed by atoms with Gasteiger partial charge in [-0.1, -0.05) is 43.9 Å². The minimum absolute atomic E-state index is 0.0476. The summed E-state index contributed by atoms with van der Waals surface area (Å²) in [4.78, 5) is 15.3. The van der Waals surface area contributed by atoms with Crippen LogP contribution in [-0.2, 0) is 4.74 Å². The van der Waals surface area contributed by atoms with Crippen molar-refractivity contribution in [2.45, 2.75) is 76.5 Å². The zero-order chi connectivity index (χ0) is 18.8.